The highest BCUT2D eigenvalue weighted by Gasteiger charge is 2.45. The first kappa shape index (κ1) is 15.7. The van der Waals surface area contributed by atoms with E-state index in [0.29, 0.717) is 18.6 Å². The molecule has 24 heavy (non-hydrogen) atoms. The molecular weight excluding hydrogens is 302 g/mol. The van der Waals surface area contributed by atoms with Crippen molar-refractivity contribution in [3.63, 3.8) is 0 Å². The molecule has 2 aromatic heterocycles. The maximum Gasteiger partial charge on any atom is 0.0892 e. The lowest BCUT2D eigenvalue weighted by atomic mass is 10.0. The molecule has 0 bridgehead atoms. The standard InChI is InChI=1S/C19H23N3O2/c1-14-5-4-7-15(21-14)9-22-10-19(17-12-23-13-18(17)22)24-11-16-6-2-3-8-20-16/h2-8,17-19H,9-13H2,1H3/t17-,18+,19-/m1/s1. The Kier molecular flexibility index (Phi) is 4.56. The smallest absolute Gasteiger partial charge is 0.0892 e. The molecule has 2 aromatic rings. The Morgan fingerprint density at radius 2 is 2.08 bits per heavy atom. The Morgan fingerprint density at radius 1 is 1.17 bits per heavy atom. The SMILES string of the molecule is Cc1cccc(CN2C[C@@H](OCc3ccccn3)[C@@H]3COC[C@@H]32)n1. The maximum atomic E-state index is 6.19. The zero-order valence-corrected chi connectivity index (χ0v) is 14.0. The molecule has 5 heteroatoms. The molecular formula is C19H23N3O2. The van der Waals surface area contributed by atoms with Gasteiger partial charge in [0.2, 0.25) is 0 Å². The molecule has 3 atom stereocenters. The van der Waals surface area contributed by atoms with Crippen LogP contribution in [0.2, 0.25) is 0 Å². The number of fused-ring (bicyclic) bond motifs is 1. The topological polar surface area (TPSA) is 47.5 Å². The van der Waals surface area contributed by atoms with Gasteiger partial charge in [0.15, 0.2) is 0 Å². The number of likely N-dealkylation sites (tertiary alicyclic amines) is 1. The van der Waals surface area contributed by atoms with E-state index >= 15 is 0 Å². The average molecular weight is 325 g/mol. The third-order valence-corrected chi connectivity index (χ3v) is 4.94. The number of hydrogen-bond donors (Lipinski definition) is 0. The minimum atomic E-state index is 0.198. The van der Waals surface area contributed by atoms with Gasteiger partial charge < -0.3 is 9.47 Å². The van der Waals surface area contributed by atoms with Crippen LogP contribution in [0.1, 0.15) is 17.1 Å². The Hall–Kier alpha value is -1.82. The first-order chi connectivity index (χ1) is 11.8. The van der Waals surface area contributed by atoms with Gasteiger partial charge in [-0.05, 0) is 31.2 Å². The van der Waals surface area contributed by atoms with Gasteiger partial charge in [0.05, 0.1) is 37.3 Å². The average Bonchev–Trinajstić information content (AvgIpc) is 3.18. The summed E-state index contributed by atoms with van der Waals surface area (Å²) in [4.78, 5) is 11.4. The number of aryl methyl sites for hydroxylation is 1. The van der Waals surface area contributed by atoms with Crippen molar-refractivity contribution in [2.24, 2.45) is 5.92 Å². The van der Waals surface area contributed by atoms with Crippen LogP contribution < -0.4 is 0 Å². The van der Waals surface area contributed by atoms with Crippen molar-refractivity contribution in [1.82, 2.24) is 14.9 Å². The number of pyridine rings is 2. The van der Waals surface area contributed by atoms with Crippen LogP contribution in [0, 0.1) is 12.8 Å². The number of ether oxygens (including phenoxy) is 2. The van der Waals surface area contributed by atoms with Gasteiger partial charge in [-0.1, -0.05) is 12.1 Å². The van der Waals surface area contributed by atoms with Crippen LogP contribution in [-0.2, 0) is 22.6 Å². The monoisotopic (exact) mass is 325 g/mol. The van der Waals surface area contributed by atoms with Crippen LogP contribution in [0.5, 0.6) is 0 Å². The molecule has 0 aromatic carbocycles. The second-order valence-corrected chi connectivity index (χ2v) is 6.64. The van der Waals surface area contributed by atoms with E-state index in [1.807, 2.05) is 37.4 Å². The molecule has 2 fully saturated rings. The second kappa shape index (κ2) is 6.97. The van der Waals surface area contributed by atoms with Gasteiger partial charge in [0, 0.05) is 36.9 Å². The van der Waals surface area contributed by atoms with Crippen molar-refractivity contribution in [3.8, 4) is 0 Å². The van der Waals surface area contributed by atoms with E-state index < -0.39 is 0 Å². The summed E-state index contributed by atoms with van der Waals surface area (Å²) in [5.41, 5.74) is 3.16. The normalized spacial score (nSPS) is 26.6. The molecule has 0 spiro atoms. The number of rotatable bonds is 5. The Balaban J connectivity index is 1.42. The highest BCUT2D eigenvalue weighted by atomic mass is 16.5. The van der Waals surface area contributed by atoms with Gasteiger partial charge in [-0.15, -0.1) is 0 Å². The quantitative estimate of drug-likeness (QED) is 0.843. The van der Waals surface area contributed by atoms with Gasteiger partial charge in [0.25, 0.3) is 0 Å². The summed E-state index contributed by atoms with van der Waals surface area (Å²) < 4.78 is 11.9. The molecule has 4 rings (SSSR count). The molecule has 2 saturated heterocycles. The van der Waals surface area contributed by atoms with Crippen molar-refractivity contribution < 1.29 is 9.47 Å². The second-order valence-electron chi connectivity index (χ2n) is 6.64. The molecule has 5 nitrogen and oxygen atoms in total. The Morgan fingerprint density at radius 3 is 2.92 bits per heavy atom. The zero-order chi connectivity index (χ0) is 16.4. The number of nitrogens with zero attached hydrogens (tertiary/aromatic N) is 3. The highest BCUT2D eigenvalue weighted by Crippen LogP contribution is 2.33. The van der Waals surface area contributed by atoms with E-state index in [0.717, 1.165) is 43.4 Å². The summed E-state index contributed by atoms with van der Waals surface area (Å²) in [6, 6.07) is 12.6. The van der Waals surface area contributed by atoms with Crippen LogP contribution in [0.3, 0.4) is 0 Å². The third-order valence-electron chi connectivity index (χ3n) is 4.94. The fraction of sp³-hybridized carbons (Fsp3) is 0.474. The lowest BCUT2D eigenvalue weighted by Gasteiger charge is -2.21. The van der Waals surface area contributed by atoms with Gasteiger partial charge in [0.1, 0.15) is 0 Å². The van der Waals surface area contributed by atoms with E-state index in [1.54, 1.807) is 0 Å². The van der Waals surface area contributed by atoms with E-state index in [9.17, 15) is 0 Å². The Labute approximate surface area is 142 Å². The van der Waals surface area contributed by atoms with Gasteiger partial charge >= 0.3 is 0 Å². The summed E-state index contributed by atoms with van der Waals surface area (Å²) in [5.74, 6) is 0.443. The van der Waals surface area contributed by atoms with Gasteiger partial charge in [-0.25, -0.2) is 0 Å². The number of aromatic nitrogens is 2. The minimum Gasteiger partial charge on any atom is -0.379 e. The van der Waals surface area contributed by atoms with Crippen molar-refractivity contribution >= 4 is 0 Å². The predicted octanol–water partition coefficient (Wildman–Crippen LogP) is 2.20. The summed E-state index contributed by atoms with van der Waals surface area (Å²) in [5, 5.41) is 0. The maximum absolute atomic E-state index is 6.19. The Bertz CT molecular complexity index is 679. The first-order valence-corrected chi connectivity index (χ1v) is 8.55. The molecule has 0 radical (unpaired) electrons. The summed E-state index contributed by atoms with van der Waals surface area (Å²) in [7, 11) is 0. The fourth-order valence-corrected chi connectivity index (χ4v) is 3.72. The van der Waals surface area contributed by atoms with Crippen LogP contribution in [0.25, 0.3) is 0 Å². The minimum absolute atomic E-state index is 0.198. The highest BCUT2D eigenvalue weighted by molar-refractivity contribution is 5.11. The molecule has 126 valence electrons. The molecule has 0 N–H and O–H groups in total. The molecule has 0 amide bonds. The lowest BCUT2D eigenvalue weighted by molar-refractivity contribution is 0.00733. The lowest BCUT2D eigenvalue weighted by Crippen LogP contribution is -2.32. The summed E-state index contributed by atoms with van der Waals surface area (Å²) in [6.07, 6.45) is 2.01. The molecule has 0 unspecified atom stereocenters. The molecule has 0 saturated carbocycles. The summed E-state index contributed by atoms with van der Waals surface area (Å²) >= 11 is 0. The predicted molar refractivity (Wildman–Crippen MR) is 90.3 cm³/mol. The van der Waals surface area contributed by atoms with Gasteiger partial charge in [-0.3, -0.25) is 14.9 Å². The third kappa shape index (κ3) is 3.34. The van der Waals surface area contributed by atoms with Crippen molar-refractivity contribution in [3.05, 3.63) is 59.7 Å². The van der Waals surface area contributed by atoms with Crippen molar-refractivity contribution in [2.75, 3.05) is 19.8 Å². The van der Waals surface area contributed by atoms with E-state index in [-0.39, 0.29) is 6.10 Å². The zero-order valence-electron chi connectivity index (χ0n) is 14.0. The molecule has 0 aliphatic carbocycles. The summed E-state index contributed by atoms with van der Waals surface area (Å²) in [6.45, 7) is 5.96. The van der Waals surface area contributed by atoms with Crippen LogP contribution in [0.15, 0.2) is 42.6 Å². The molecule has 2 aliphatic heterocycles. The largest absolute Gasteiger partial charge is 0.379 e. The van der Waals surface area contributed by atoms with Gasteiger partial charge in [-0.2, -0.15) is 0 Å². The molecule has 4 heterocycles. The van der Waals surface area contributed by atoms with Crippen LogP contribution >= 0.6 is 0 Å². The fourth-order valence-electron chi connectivity index (χ4n) is 3.72. The van der Waals surface area contributed by atoms with Crippen molar-refractivity contribution in [1.29, 1.82) is 0 Å². The molecule has 2 aliphatic rings. The van der Waals surface area contributed by atoms with Crippen LogP contribution in [0.4, 0.5) is 0 Å². The number of hydrogen-bond acceptors (Lipinski definition) is 5. The van der Waals surface area contributed by atoms with E-state index in [1.165, 1.54) is 0 Å². The first-order valence-electron chi connectivity index (χ1n) is 8.55. The van der Waals surface area contributed by atoms with Crippen LogP contribution in [-0.4, -0.2) is 46.8 Å². The van der Waals surface area contributed by atoms with E-state index in [2.05, 4.69) is 27.0 Å². The van der Waals surface area contributed by atoms with Crippen molar-refractivity contribution in [2.45, 2.75) is 32.2 Å². The van der Waals surface area contributed by atoms with E-state index in [4.69, 9.17) is 9.47 Å².